The molecule has 3 rings (SSSR count). The van der Waals surface area contributed by atoms with Crippen LogP contribution in [0, 0.1) is 0 Å². The van der Waals surface area contributed by atoms with Crippen molar-refractivity contribution in [2.75, 3.05) is 12.5 Å². The monoisotopic (exact) mass is 494 g/mol. The number of aromatic amines is 1. The van der Waals surface area contributed by atoms with Crippen LogP contribution in [0.4, 0.5) is 5.95 Å². The molecule has 1 aromatic heterocycles. The molecule has 7 nitrogen and oxygen atoms in total. The van der Waals surface area contributed by atoms with Crippen LogP contribution in [-0.2, 0) is 13.0 Å². The molecule has 10 heteroatoms. The first kappa shape index (κ1) is 23.9. The molecule has 0 fully saturated rings. The van der Waals surface area contributed by atoms with Gasteiger partial charge in [-0.1, -0.05) is 48.1 Å². The van der Waals surface area contributed by atoms with E-state index in [2.05, 4.69) is 20.5 Å². The predicted molar refractivity (Wildman–Crippen MR) is 129 cm³/mol. The molecule has 0 unspecified atom stereocenters. The Bertz CT molecular complexity index is 1180. The first-order valence-corrected chi connectivity index (χ1v) is 10.9. The minimum absolute atomic E-state index is 0.122. The topological polar surface area (TPSA) is 88.6 Å². The van der Waals surface area contributed by atoms with E-state index in [0.29, 0.717) is 44.2 Å². The van der Waals surface area contributed by atoms with Gasteiger partial charge in [0.2, 0.25) is 5.95 Å². The fraction of sp³-hybridized carbons (Fsp3) is 0.227. The van der Waals surface area contributed by atoms with Crippen LogP contribution in [0.2, 0.25) is 15.1 Å². The number of halogens is 3. The van der Waals surface area contributed by atoms with E-state index < -0.39 is 0 Å². The first-order valence-electron chi connectivity index (χ1n) is 9.73. The zero-order valence-electron chi connectivity index (χ0n) is 17.4. The third-order valence-corrected chi connectivity index (χ3v) is 5.58. The Morgan fingerprint density at radius 2 is 1.91 bits per heavy atom. The standard InChI is InChI=1S/C22H21Cl3N4O3/c1-3-4-14-10-20(30)28-22(27-14)29-26-11-13-5-8-18(19(9-13)31-2)32-12-15-16(23)6-7-17(24)21(15)25/h5-11H,3-4,12H2,1-2H3,(H2,27,28,29,30)/b26-11+. The normalized spacial score (nSPS) is 11.0. The Kier molecular flexibility index (Phi) is 8.39. The third-order valence-electron chi connectivity index (χ3n) is 4.38. The average Bonchev–Trinajstić information content (AvgIpc) is 2.77. The maximum absolute atomic E-state index is 11.7. The number of aromatic nitrogens is 2. The fourth-order valence-corrected chi connectivity index (χ4v) is 3.50. The Morgan fingerprint density at radius 1 is 1.12 bits per heavy atom. The summed E-state index contributed by atoms with van der Waals surface area (Å²) in [6, 6.07) is 10.1. The van der Waals surface area contributed by atoms with Crippen LogP contribution in [0.5, 0.6) is 11.5 Å². The van der Waals surface area contributed by atoms with E-state index >= 15 is 0 Å². The van der Waals surface area contributed by atoms with Crippen LogP contribution in [0.1, 0.15) is 30.2 Å². The molecule has 0 spiro atoms. The van der Waals surface area contributed by atoms with Crippen molar-refractivity contribution in [1.82, 2.24) is 9.97 Å². The Hall–Kier alpha value is -2.74. The van der Waals surface area contributed by atoms with Gasteiger partial charge in [0.25, 0.3) is 5.56 Å². The molecule has 0 saturated carbocycles. The zero-order valence-corrected chi connectivity index (χ0v) is 19.7. The van der Waals surface area contributed by atoms with E-state index in [1.807, 2.05) is 6.92 Å². The number of hydrazone groups is 1. The number of nitrogens with zero attached hydrogens (tertiary/aromatic N) is 2. The van der Waals surface area contributed by atoms with Gasteiger partial charge in [-0.05, 0) is 42.3 Å². The number of nitrogens with one attached hydrogen (secondary N) is 2. The van der Waals surface area contributed by atoms with E-state index in [4.69, 9.17) is 44.3 Å². The Labute approximate surface area is 200 Å². The van der Waals surface area contributed by atoms with Gasteiger partial charge in [0, 0.05) is 22.3 Å². The summed E-state index contributed by atoms with van der Waals surface area (Å²) in [6.07, 6.45) is 3.18. The van der Waals surface area contributed by atoms with E-state index in [-0.39, 0.29) is 18.1 Å². The maximum Gasteiger partial charge on any atom is 0.252 e. The quantitative estimate of drug-likeness (QED) is 0.225. The van der Waals surface area contributed by atoms with Crippen molar-refractivity contribution in [2.45, 2.75) is 26.4 Å². The van der Waals surface area contributed by atoms with Crippen LogP contribution in [-0.4, -0.2) is 23.3 Å². The SMILES string of the molecule is CCCc1cc(=O)[nH]c(N/N=C/c2ccc(OCc3c(Cl)ccc(Cl)c3Cl)c(OC)c2)n1. The lowest BCUT2D eigenvalue weighted by molar-refractivity contribution is 0.284. The molecule has 0 radical (unpaired) electrons. The van der Waals surface area contributed by atoms with Gasteiger partial charge in [-0.2, -0.15) is 5.10 Å². The minimum Gasteiger partial charge on any atom is -0.493 e. The van der Waals surface area contributed by atoms with Gasteiger partial charge in [0.05, 0.1) is 23.4 Å². The van der Waals surface area contributed by atoms with Crippen LogP contribution in [0.3, 0.4) is 0 Å². The van der Waals surface area contributed by atoms with Gasteiger partial charge in [0.1, 0.15) is 6.61 Å². The Morgan fingerprint density at radius 3 is 2.66 bits per heavy atom. The molecule has 0 atom stereocenters. The lowest BCUT2D eigenvalue weighted by atomic mass is 10.2. The van der Waals surface area contributed by atoms with Crippen molar-refractivity contribution in [3.63, 3.8) is 0 Å². The number of ether oxygens (including phenoxy) is 2. The third kappa shape index (κ3) is 6.16. The summed E-state index contributed by atoms with van der Waals surface area (Å²) in [6.45, 7) is 2.14. The van der Waals surface area contributed by atoms with E-state index in [1.54, 1.807) is 36.5 Å². The van der Waals surface area contributed by atoms with Gasteiger partial charge < -0.3 is 9.47 Å². The molecular formula is C22H21Cl3N4O3. The van der Waals surface area contributed by atoms with Crippen LogP contribution in [0.25, 0.3) is 0 Å². The lowest BCUT2D eigenvalue weighted by Crippen LogP contribution is -2.12. The second-order valence-electron chi connectivity index (χ2n) is 6.73. The smallest absolute Gasteiger partial charge is 0.252 e. The minimum atomic E-state index is -0.232. The molecule has 0 bridgehead atoms. The van der Waals surface area contributed by atoms with E-state index in [0.717, 1.165) is 12.0 Å². The highest BCUT2D eigenvalue weighted by atomic mass is 35.5. The molecular weight excluding hydrogens is 475 g/mol. The zero-order chi connectivity index (χ0) is 23.1. The number of hydrogen-bond donors (Lipinski definition) is 2. The number of rotatable bonds is 9. The molecule has 0 aliphatic heterocycles. The van der Waals surface area contributed by atoms with Crippen LogP contribution < -0.4 is 20.5 Å². The summed E-state index contributed by atoms with van der Waals surface area (Å²) in [5, 5.41) is 5.34. The van der Waals surface area contributed by atoms with Gasteiger partial charge >= 0.3 is 0 Å². The van der Waals surface area contributed by atoms with Gasteiger partial charge in [-0.3, -0.25) is 9.78 Å². The molecule has 3 aromatic rings. The molecule has 2 aromatic carbocycles. The van der Waals surface area contributed by atoms with Gasteiger partial charge in [-0.15, -0.1) is 0 Å². The van der Waals surface area contributed by atoms with E-state index in [1.165, 1.54) is 13.2 Å². The number of aryl methyl sites for hydroxylation is 1. The highest BCUT2D eigenvalue weighted by Gasteiger charge is 2.12. The molecule has 0 aliphatic carbocycles. The number of methoxy groups -OCH3 is 1. The predicted octanol–water partition coefficient (Wildman–Crippen LogP) is 5.72. The number of benzene rings is 2. The van der Waals surface area contributed by atoms with Gasteiger partial charge in [0.15, 0.2) is 11.5 Å². The summed E-state index contributed by atoms with van der Waals surface area (Å²) in [7, 11) is 1.54. The average molecular weight is 496 g/mol. The number of anilines is 1. The fourth-order valence-electron chi connectivity index (χ4n) is 2.85. The van der Waals surface area contributed by atoms with E-state index in [9.17, 15) is 4.79 Å². The molecule has 0 aliphatic rings. The summed E-state index contributed by atoms with van der Waals surface area (Å²) < 4.78 is 11.3. The molecule has 2 N–H and O–H groups in total. The lowest BCUT2D eigenvalue weighted by Gasteiger charge is -2.13. The number of hydrogen-bond acceptors (Lipinski definition) is 6. The summed E-state index contributed by atoms with van der Waals surface area (Å²) in [5.74, 6) is 1.28. The van der Waals surface area contributed by atoms with Crippen molar-refractivity contribution in [3.8, 4) is 11.5 Å². The maximum atomic E-state index is 11.7. The van der Waals surface area contributed by atoms with Crippen LogP contribution in [0.15, 0.2) is 46.3 Å². The summed E-state index contributed by atoms with van der Waals surface area (Å²) in [4.78, 5) is 18.6. The molecule has 32 heavy (non-hydrogen) atoms. The molecule has 0 saturated heterocycles. The first-order chi connectivity index (χ1) is 15.4. The van der Waals surface area contributed by atoms with Crippen molar-refractivity contribution in [2.24, 2.45) is 5.10 Å². The summed E-state index contributed by atoms with van der Waals surface area (Å²) in [5.41, 5.74) is 4.54. The largest absolute Gasteiger partial charge is 0.493 e. The highest BCUT2D eigenvalue weighted by Crippen LogP contribution is 2.34. The van der Waals surface area contributed by atoms with Crippen molar-refractivity contribution < 1.29 is 9.47 Å². The highest BCUT2D eigenvalue weighted by molar-refractivity contribution is 6.44. The summed E-state index contributed by atoms with van der Waals surface area (Å²) >= 11 is 18.5. The molecule has 1 heterocycles. The Balaban J connectivity index is 1.70. The molecule has 0 amide bonds. The van der Waals surface area contributed by atoms with Crippen molar-refractivity contribution in [3.05, 3.63) is 78.6 Å². The molecule has 168 valence electrons. The van der Waals surface area contributed by atoms with Crippen molar-refractivity contribution >= 4 is 47.0 Å². The second-order valence-corrected chi connectivity index (χ2v) is 7.92. The number of H-pyrrole nitrogens is 1. The van der Waals surface area contributed by atoms with Crippen molar-refractivity contribution in [1.29, 1.82) is 0 Å². The second kappa shape index (κ2) is 11.2. The van der Waals surface area contributed by atoms with Gasteiger partial charge in [-0.25, -0.2) is 10.4 Å². The van der Waals surface area contributed by atoms with Crippen LogP contribution >= 0.6 is 34.8 Å².